The van der Waals surface area contributed by atoms with Gasteiger partial charge in [-0.2, -0.15) is 4.31 Å². The van der Waals surface area contributed by atoms with E-state index in [1.807, 2.05) is 12.1 Å². The average molecular weight is 209 g/mol. The van der Waals surface area contributed by atoms with E-state index in [-0.39, 0.29) is 0 Å². The van der Waals surface area contributed by atoms with Crippen molar-refractivity contribution in [1.82, 2.24) is 4.31 Å². The molecule has 0 spiro atoms. The van der Waals surface area contributed by atoms with Crippen LogP contribution in [0, 0.1) is 0 Å². The molecule has 1 aromatic rings. The van der Waals surface area contributed by atoms with Crippen LogP contribution in [0.2, 0.25) is 0 Å². The highest BCUT2D eigenvalue weighted by atomic mass is 32.2. The molecule has 0 saturated carbocycles. The summed E-state index contributed by atoms with van der Waals surface area (Å²) < 4.78 is 25.6. The van der Waals surface area contributed by atoms with E-state index in [1.54, 1.807) is 16.4 Å². The Balaban J connectivity index is 2.33. The van der Waals surface area contributed by atoms with Crippen LogP contribution in [0.5, 0.6) is 0 Å². The van der Waals surface area contributed by atoms with E-state index in [0.29, 0.717) is 23.9 Å². The van der Waals surface area contributed by atoms with Gasteiger partial charge < -0.3 is 0 Å². The molecule has 74 valence electrons. The lowest BCUT2D eigenvalue weighted by molar-refractivity contribution is 0.461. The molecule has 1 aromatic carbocycles. The monoisotopic (exact) mass is 209 g/mol. The molecule has 3 rings (SSSR count). The molecule has 14 heavy (non-hydrogen) atoms. The fourth-order valence-corrected chi connectivity index (χ4v) is 4.18. The second-order valence-electron chi connectivity index (χ2n) is 3.89. The Hall–Kier alpha value is -0.870. The highest BCUT2D eigenvalue weighted by Gasteiger charge is 2.40. The first kappa shape index (κ1) is 8.44. The lowest BCUT2D eigenvalue weighted by Crippen LogP contribution is -2.32. The summed E-state index contributed by atoms with van der Waals surface area (Å²) in [7, 11) is -3.16. The Bertz CT molecular complexity index is 481. The summed E-state index contributed by atoms with van der Waals surface area (Å²) >= 11 is 0. The summed E-state index contributed by atoms with van der Waals surface area (Å²) in [6.45, 7) is 1.36. The number of hydrogen-bond acceptors (Lipinski definition) is 2. The zero-order valence-corrected chi connectivity index (χ0v) is 8.50. The van der Waals surface area contributed by atoms with E-state index in [0.717, 1.165) is 12.0 Å². The standard InChI is InChI=1S/C10H11NO2S/c12-14(13)10-4-2-1-3-9(10)8-5-6-11(14)7-8/h1-4,8H,5-7H2. The molecule has 0 aliphatic carbocycles. The first-order valence-corrected chi connectivity index (χ1v) is 6.23. The van der Waals surface area contributed by atoms with Gasteiger partial charge in [-0.3, -0.25) is 0 Å². The van der Waals surface area contributed by atoms with Gasteiger partial charge in [0.2, 0.25) is 10.0 Å². The van der Waals surface area contributed by atoms with Gasteiger partial charge >= 0.3 is 0 Å². The Labute approximate surface area is 83.4 Å². The molecule has 2 aliphatic rings. The third kappa shape index (κ3) is 0.925. The minimum Gasteiger partial charge on any atom is -0.207 e. The Morgan fingerprint density at radius 3 is 2.93 bits per heavy atom. The van der Waals surface area contributed by atoms with Crippen LogP contribution in [-0.2, 0) is 10.0 Å². The number of sulfonamides is 1. The molecule has 2 unspecified atom stereocenters. The molecule has 3 nitrogen and oxygen atoms in total. The topological polar surface area (TPSA) is 37.4 Å². The maximum absolute atomic E-state index is 12.0. The third-order valence-electron chi connectivity index (χ3n) is 3.13. The molecule has 0 amide bonds. The van der Waals surface area contributed by atoms with Crippen molar-refractivity contribution in [2.75, 3.05) is 13.1 Å². The number of fused-ring (bicyclic) bond motifs is 4. The van der Waals surface area contributed by atoms with Crippen molar-refractivity contribution >= 4 is 10.0 Å². The van der Waals surface area contributed by atoms with Gasteiger partial charge in [-0.25, -0.2) is 8.42 Å². The zero-order chi connectivity index (χ0) is 9.76. The molecule has 0 aromatic heterocycles. The Kier molecular flexibility index (Phi) is 1.56. The van der Waals surface area contributed by atoms with Gasteiger partial charge in [0.15, 0.2) is 0 Å². The van der Waals surface area contributed by atoms with Crippen LogP contribution < -0.4 is 0 Å². The van der Waals surface area contributed by atoms with E-state index in [9.17, 15) is 8.42 Å². The van der Waals surface area contributed by atoms with Crippen molar-refractivity contribution in [3.63, 3.8) is 0 Å². The lowest BCUT2D eigenvalue weighted by atomic mass is 9.98. The largest absolute Gasteiger partial charge is 0.243 e. The molecule has 0 N–H and O–H groups in total. The summed E-state index contributed by atoms with van der Waals surface area (Å²) in [5.74, 6) is 0.426. The number of rotatable bonds is 0. The molecule has 2 bridgehead atoms. The molecular formula is C10H11NO2S. The second-order valence-corrected chi connectivity index (χ2v) is 5.79. The van der Waals surface area contributed by atoms with Crippen LogP contribution in [0.4, 0.5) is 0 Å². The minimum atomic E-state index is -3.16. The normalized spacial score (nSPS) is 32.6. The molecule has 0 radical (unpaired) electrons. The van der Waals surface area contributed by atoms with E-state index in [2.05, 4.69) is 0 Å². The predicted octanol–water partition coefficient (Wildman–Crippen LogP) is 1.18. The van der Waals surface area contributed by atoms with Gasteiger partial charge in [0.05, 0.1) is 4.90 Å². The van der Waals surface area contributed by atoms with Crippen molar-refractivity contribution in [2.24, 2.45) is 0 Å². The molecule has 1 fully saturated rings. The Morgan fingerprint density at radius 1 is 1.29 bits per heavy atom. The fraction of sp³-hybridized carbons (Fsp3) is 0.400. The van der Waals surface area contributed by atoms with E-state index < -0.39 is 10.0 Å². The highest BCUT2D eigenvalue weighted by Crippen LogP contribution is 2.39. The van der Waals surface area contributed by atoms with Crippen molar-refractivity contribution in [1.29, 1.82) is 0 Å². The van der Waals surface area contributed by atoms with Gasteiger partial charge in [0, 0.05) is 19.0 Å². The molecule has 1 saturated heterocycles. The van der Waals surface area contributed by atoms with Crippen LogP contribution in [0.1, 0.15) is 17.9 Å². The summed E-state index contributed by atoms with van der Waals surface area (Å²) in [6.07, 6.45) is 0.968. The molecule has 2 atom stereocenters. The first-order valence-electron chi connectivity index (χ1n) is 4.79. The van der Waals surface area contributed by atoms with E-state index in [1.165, 1.54) is 0 Å². The molecule has 2 heterocycles. The number of benzene rings is 1. The predicted molar refractivity (Wildman–Crippen MR) is 52.6 cm³/mol. The fourth-order valence-electron chi connectivity index (χ4n) is 2.39. The molecule has 2 aliphatic heterocycles. The second kappa shape index (κ2) is 2.58. The SMILES string of the molecule is O=S1(=O)c2ccccc2C2CCN1C2. The van der Waals surface area contributed by atoms with Crippen molar-refractivity contribution in [3.8, 4) is 0 Å². The van der Waals surface area contributed by atoms with Crippen LogP contribution in [0.3, 0.4) is 0 Å². The van der Waals surface area contributed by atoms with Gasteiger partial charge in [0.25, 0.3) is 0 Å². The first-order chi connectivity index (χ1) is 6.69. The van der Waals surface area contributed by atoms with E-state index >= 15 is 0 Å². The average Bonchev–Trinajstić information content (AvgIpc) is 2.63. The third-order valence-corrected chi connectivity index (χ3v) is 5.07. The molecule has 4 heteroatoms. The van der Waals surface area contributed by atoms with Crippen molar-refractivity contribution < 1.29 is 8.42 Å². The Morgan fingerprint density at radius 2 is 2.07 bits per heavy atom. The van der Waals surface area contributed by atoms with E-state index in [4.69, 9.17) is 0 Å². The van der Waals surface area contributed by atoms with Crippen molar-refractivity contribution in [2.45, 2.75) is 17.2 Å². The van der Waals surface area contributed by atoms with Crippen molar-refractivity contribution in [3.05, 3.63) is 29.8 Å². The lowest BCUT2D eigenvalue weighted by Gasteiger charge is -2.24. The quantitative estimate of drug-likeness (QED) is 0.643. The highest BCUT2D eigenvalue weighted by molar-refractivity contribution is 7.89. The summed E-state index contributed by atoms with van der Waals surface area (Å²) in [6, 6.07) is 7.37. The van der Waals surface area contributed by atoms with Gasteiger partial charge in [-0.1, -0.05) is 18.2 Å². The number of hydrogen-bond donors (Lipinski definition) is 0. The maximum atomic E-state index is 12.0. The van der Waals surface area contributed by atoms with Crippen LogP contribution >= 0.6 is 0 Å². The van der Waals surface area contributed by atoms with Crippen LogP contribution in [0.15, 0.2) is 29.2 Å². The van der Waals surface area contributed by atoms with Crippen LogP contribution in [0.25, 0.3) is 0 Å². The summed E-state index contributed by atoms with van der Waals surface area (Å²) in [5.41, 5.74) is 1.02. The summed E-state index contributed by atoms with van der Waals surface area (Å²) in [4.78, 5) is 0.522. The minimum absolute atomic E-state index is 0.426. The summed E-state index contributed by atoms with van der Waals surface area (Å²) in [5, 5.41) is 0. The maximum Gasteiger partial charge on any atom is 0.243 e. The van der Waals surface area contributed by atoms with Gasteiger partial charge in [-0.15, -0.1) is 0 Å². The molecular weight excluding hydrogens is 198 g/mol. The zero-order valence-electron chi connectivity index (χ0n) is 7.68. The smallest absolute Gasteiger partial charge is 0.207 e. The van der Waals surface area contributed by atoms with Gasteiger partial charge in [-0.05, 0) is 18.1 Å². The van der Waals surface area contributed by atoms with Crippen LogP contribution in [-0.4, -0.2) is 25.8 Å². The number of nitrogens with zero attached hydrogens (tertiary/aromatic N) is 1. The van der Waals surface area contributed by atoms with Gasteiger partial charge in [0.1, 0.15) is 0 Å².